The molecule has 50 valence electrons. The van der Waals surface area contributed by atoms with E-state index in [1.54, 1.807) is 0 Å². The normalized spacial score (nSPS) is 35.6. The lowest BCUT2D eigenvalue weighted by Gasteiger charge is -2.17. The molecule has 1 fully saturated rings. The highest BCUT2D eigenvalue weighted by molar-refractivity contribution is 4.85. The van der Waals surface area contributed by atoms with Crippen molar-refractivity contribution in [3.8, 4) is 0 Å². The van der Waals surface area contributed by atoms with Crippen LogP contribution in [0.3, 0.4) is 0 Å². The molecule has 0 radical (unpaired) electrons. The molecule has 2 N–H and O–H groups in total. The molecular formula is C7H12N2. The zero-order valence-corrected chi connectivity index (χ0v) is 5.51. The molecule has 0 bridgehead atoms. The van der Waals surface area contributed by atoms with Crippen molar-refractivity contribution in [2.75, 3.05) is 0 Å². The van der Waals surface area contributed by atoms with Gasteiger partial charge in [-0.05, 0) is 12.8 Å². The molecule has 2 nitrogen and oxygen atoms in total. The average molecular weight is 124 g/mol. The number of hydrogen-bond acceptors (Lipinski definition) is 1. The summed E-state index contributed by atoms with van der Waals surface area (Å²) in [5.41, 5.74) is 5.65. The monoisotopic (exact) mass is 124 g/mol. The summed E-state index contributed by atoms with van der Waals surface area (Å²) >= 11 is 0. The third-order valence-corrected chi connectivity index (χ3v) is 1.92. The highest BCUT2D eigenvalue weighted by Gasteiger charge is 2.21. The Balaban J connectivity index is 2.28. The van der Waals surface area contributed by atoms with Crippen LogP contribution in [-0.4, -0.2) is 12.1 Å². The van der Waals surface area contributed by atoms with Crippen LogP contribution in [0, 0.1) is 6.57 Å². The second-order valence-corrected chi connectivity index (χ2v) is 2.70. The van der Waals surface area contributed by atoms with Gasteiger partial charge >= 0.3 is 0 Å². The van der Waals surface area contributed by atoms with E-state index in [1.165, 1.54) is 0 Å². The summed E-state index contributed by atoms with van der Waals surface area (Å²) in [4.78, 5) is 3.48. The minimum absolute atomic E-state index is 0.282. The van der Waals surface area contributed by atoms with Crippen LogP contribution in [0.2, 0.25) is 0 Å². The van der Waals surface area contributed by atoms with Gasteiger partial charge in [0.1, 0.15) is 0 Å². The third kappa shape index (κ3) is 1.69. The van der Waals surface area contributed by atoms with Crippen LogP contribution in [0.5, 0.6) is 0 Å². The van der Waals surface area contributed by atoms with Crippen LogP contribution < -0.4 is 5.73 Å². The summed E-state index contributed by atoms with van der Waals surface area (Å²) in [6, 6.07) is 0.660. The van der Waals surface area contributed by atoms with E-state index in [1.807, 2.05) is 0 Å². The van der Waals surface area contributed by atoms with Crippen LogP contribution in [0.25, 0.3) is 4.85 Å². The Morgan fingerprint density at radius 2 is 1.78 bits per heavy atom. The average Bonchev–Trinajstić information content (AvgIpc) is 1.90. The van der Waals surface area contributed by atoms with E-state index in [9.17, 15) is 0 Å². The maximum atomic E-state index is 6.75. The predicted molar refractivity (Wildman–Crippen MR) is 36.8 cm³/mol. The smallest absolute Gasteiger partial charge is 0.223 e. The third-order valence-electron chi connectivity index (χ3n) is 1.92. The zero-order chi connectivity index (χ0) is 6.69. The fourth-order valence-electron chi connectivity index (χ4n) is 1.23. The minimum atomic E-state index is 0.282. The Kier molecular flexibility index (Phi) is 2.07. The molecule has 1 saturated carbocycles. The summed E-state index contributed by atoms with van der Waals surface area (Å²) in [5.74, 6) is 0. The van der Waals surface area contributed by atoms with Gasteiger partial charge in [0.2, 0.25) is 6.04 Å². The van der Waals surface area contributed by atoms with E-state index in [0.29, 0.717) is 6.04 Å². The quantitative estimate of drug-likeness (QED) is 0.483. The Bertz CT molecular complexity index is 117. The molecule has 0 aromatic carbocycles. The maximum Gasteiger partial charge on any atom is 0.223 e. The van der Waals surface area contributed by atoms with E-state index >= 15 is 0 Å². The number of nitrogens with zero attached hydrogens (tertiary/aromatic N) is 1. The Morgan fingerprint density at radius 1 is 1.22 bits per heavy atom. The van der Waals surface area contributed by atoms with Crippen LogP contribution in [-0.2, 0) is 0 Å². The molecule has 1 aliphatic rings. The van der Waals surface area contributed by atoms with Gasteiger partial charge in [-0.15, -0.1) is 0 Å². The van der Waals surface area contributed by atoms with Crippen molar-refractivity contribution in [3.63, 3.8) is 0 Å². The van der Waals surface area contributed by atoms with Crippen LogP contribution in [0.1, 0.15) is 25.7 Å². The standard InChI is InChI=1S/C7H12N2/c1-9-7-4-2-6(8)3-5-7/h6-7H,2-5,8H2/t6-,7-. The molecule has 1 aliphatic carbocycles. The van der Waals surface area contributed by atoms with Crippen molar-refractivity contribution in [3.05, 3.63) is 11.4 Å². The van der Waals surface area contributed by atoms with E-state index in [-0.39, 0.29) is 6.04 Å². The van der Waals surface area contributed by atoms with Crippen molar-refractivity contribution in [2.24, 2.45) is 5.73 Å². The molecule has 0 atom stereocenters. The second kappa shape index (κ2) is 2.84. The van der Waals surface area contributed by atoms with Gasteiger partial charge in [0, 0.05) is 18.9 Å². The molecule has 2 heteroatoms. The predicted octanol–water partition coefficient (Wildman–Crippen LogP) is 1.18. The molecule has 0 amide bonds. The first-order valence-electron chi connectivity index (χ1n) is 3.45. The number of rotatable bonds is 0. The molecule has 0 unspecified atom stereocenters. The lowest BCUT2D eigenvalue weighted by Crippen LogP contribution is -2.27. The molecule has 0 heterocycles. The Hall–Kier alpha value is -0.550. The first-order valence-corrected chi connectivity index (χ1v) is 3.45. The first-order chi connectivity index (χ1) is 4.33. The van der Waals surface area contributed by atoms with Gasteiger partial charge in [0.05, 0.1) is 0 Å². The fraction of sp³-hybridized carbons (Fsp3) is 0.857. The number of nitrogens with two attached hydrogens (primary N) is 1. The van der Waals surface area contributed by atoms with E-state index in [4.69, 9.17) is 12.3 Å². The molecule has 0 spiro atoms. The van der Waals surface area contributed by atoms with Gasteiger partial charge < -0.3 is 10.6 Å². The summed E-state index contributed by atoms with van der Waals surface area (Å²) in [6.45, 7) is 6.75. The van der Waals surface area contributed by atoms with Gasteiger partial charge in [0.25, 0.3) is 0 Å². The SMILES string of the molecule is [C-]#[N+][C@H]1CC[C@H](N)CC1. The molecule has 1 rings (SSSR count). The van der Waals surface area contributed by atoms with Crippen LogP contribution >= 0.6 is 0 Å². The van der Waals surface area contributed by atoms with Gasteiger partial charge in [-0.3, -0.25) is 0 Å². The molecule has 0 aliphatic heterocycles. The van der Waals surface area contributed by atoms with Crippen molar-refractivity contribution >= 4 is 0 Å². The highest BCUT2D eigenvalue weighted by atomic mass is 14.7. The molecule has 0 aromatic heterocycles. The minimum Gasteiger partial charge on any atom is -0.328 e. The van der Waals surface area contributed by atoms with E-state index in [0.717, 1.165) is 25.7 Å². The maximum absolute atomic E-state index is 6.75. The summed E-state index contributed by atoms with van der Waals surface area (Å²) in [5, 5.41) is 0. The lowest BCUT2D eigenvalue weighted by atomic mass is 9.92. The molecule has 0 aromatic rings. The summed E-state index contributed by atoms with van der Waals surface area (Å²) in [6.07, 6.45) is 4.13. The van der Waals surface area contributed by atoms with Crippen molar-refractivity contribution in [2.45, 2.75) is 37.8 Å². The molecular weight excluding hydrogens is 112 g/mol. The lowest BCUT2D eigenvalue weighted by molar-refractivity contribution is 0.424. The Morgan fingerprint density at radius 3 is 2.22 bits per heavy atom. The highest BCUT2D eigenvalue weighted by Crippen LogP contribution is 2.19. The summed E-state index contributed by atoms with van der Waals surface area (Å²) < 4.78 is 0. The zero-order valence-electron chi connectivity index (χ0n) is 5.51. The topological polar surface area (TPSA) is 30.4 Å². The molecule has 0 saturated heterocycles. The van der Waals surface area contributed by atoms with Gasteiger partial charge in [-0.2, -0.15) is 0 Å². The van der Waals surface area contributed by atoms with Crippen molar-refractivity contribution in [1.29, 1.82) is 0 Å². The largest absolute Gasteiger partial charge is 0.328 e. The number of hydrogen-bond donors (Lipinski definition) is 1. The van der Waals surface area contributed by atoms with Crippen LogP contribution in [0.4, 0.5) is 0 Å². The van der Waals surface area contributed by atoms with Crippen LogP contribution in [0.15, 0.2) is 0 Å². The summed E-state index contributed by atoms with van der Waals surface area (Å²) in [7, 11) is 0. The van der Waals surface area contributed by atoms with Crippen molar-refractivity contribution in [1.82, 2.24) is 0 Å². The van der Waals surface area contributed by atoms with Gasteiger partial charge in [0.15, 0.2) is 0 Å². The fourth-order valence-corrected chi connectivity index (χ4v) is 1.23. The van der Waals surface area contributed by atoms with E-state index in [2.05, 4.69) is 4.85 Å². The van der Waals surface area contributed by atoms with Gasteiger partial charge in [-0.25, -0.2) is 6.57 Å². The van der Waals surface area contributed by atoms with Gasteiger partial charge in [-0.1, -0.05) is 0 Å². The molecule has 9 heavy (non-hydrogen) atoms. The van der Waals surface area contributed by atoms with E-state index < -0.39 is 0 Å². The second-order valence-electron chi connectivity index (χ2n) is 2.70. The first kappa shape index (κ1) is 6.57. The Labute approximate surface area is 55.9 Å². The van der Waals surface area contributed by atoms with Crippen molar-refractivity contribution < 1.29 is 0 Å².